The van der Waals surface area contributed by atoms with Gasteiger partial charge in [0, 0.05) is 12.3 Å². The summed E-state index contributed by atoms with van der Waals surface area (Å²) in [4.78, 5) is 21.5. The lowest BCUT2D eigenvalue weighted by Gasteiger charge is -2.01. The predicted molar refractivity (Wildman–Crippen MR) is 53.3 cm³/mol. The molecule has 0 saturated carbocycles. The second kappa shape index (κ2) is 3.45. The Kier molecular flexibility index (Phi) is 2.13. The summed E-state index contributed by atoms with van der Waals surface area (Å²) < 4.78 is 1.52. The molecule has 0 aliphatic rings. The van der Waals surface area contributed by atoms with Gasteiger partial charge in [-0.15, -0.1) is 0 Å². The molecule has 2 aromatic rings. The molecule has 0 radical (unpaired) electrons. The number of hydrogen-bond acceptors (Lipinski definition) is 2. The lowest BCUT2D eigenvalue weighted by atomic mass is 10.2. The van der Waals surface area contributed by atoms with Crippen LogP contribution in [0.5, 0.6) is 0 Å². The van der Waals surface area contributed by atoms with Crippen LogP contribution in [0, 0.1) is 0 Å². The number of aromatic carboxylic acids is 1. The molecule has 1 aromatic heterocycles. The zero-order valence-electron chi connectivity index (χ0n) is 7.68. The lowest BCUT2D eigenvalue weighted by Crippen LogP contribution is -2.03. The Morgan fingerprint density at radius 1 is 1.20 bits per heavy atom. The second-order valence-electron chi connectivity index (χ2n) is 3.01. The van der Waals surface area contributed by atoms with Crippen LogP contribution in [0.25, 0.3) is 5.69 Å². The number of aromatic nitrogens is 2. The Hall–Kier alpha value is -2.30. The first-order valence-corrected chi connectivity index (χ1v) is 4.28. The summed E-state index contributed by atoms with van der Waals surface area (Å²) in [5.41, 5.74) is 0.729. The van der Waals surface area contributed by atoms with Gasteiger partial charge in [-0.2, -0.15) is 0 Å². The van der Waals surface area contributed by atoms with E-state index in [1.54, 1.807) is 18.3 Å². The first-order valence-electron chi connectivity index (χ1n) is 4.28. The van der Waals surface area contributed by atoms with Gasteiger partial charge in [0.25, 0.3) is 5.56 Å². The number of hydrogen-bond donors (Lipinski definition) is 2. The molecule has 15 heavy (non-hydrogen) atoms. The van der Waals surface area contributed by atoms with Crippen LogP contribution in [0.3, 0.4) is 0 Å². The van der Waals surface area contributed by atoms with Crippen molar-refractivity contribution in [3.8, 4) is 5.69 Å². The van der Waals surface area contributed by atoms with Gasteiger partial charge in [-0.05, 0) is 24.3 Å². The number of carboxylic acids is 1. The fourth-order valence-electron chi connectivity index (χ4n) is 1.25. The Balaban J connectivity index is 2.39. The minimum absolute atomic E-state index is 0.197. The lowest BCUT2D eigenvalue weighted by molar-refractivity contribution is 0.0697. The fourth-order valence-corrected chi connectivity index (χ4v) is 1.25. The highest BCUT2D eigenvalue weighted by atomic mass is 16.4. The Labute approximate surface area is 84.6 Å². The molecule has 0 fully saturated rings. The zero-order chi connectivity index (χ0) is 10.8. The molecule has 0 aliphatic carbocycles. The van der Waals surface area contributed by atoms with Gasteiger partial charge in [0.1, 0.15) is 0 Å². The van der Waals surface area contributed by atoms with E-state index in [4.69, 9.17) is 5.11 Å². The highest BCUT2D eigenvalue weighted by Crippen LogP contribution is 2.07. The number of nitrogens with zero attached hydrogens (tertiary/aromatic N) is 1. The van der Waals surface area contributed by atoms with E-state index in [-0.39, 0.29) is 11.1 Å². The van der Waals surface area contributed by atoms with Crippen molar-refractivity contribution in [3.63, 3.8) is 0 Å². The third-order valence-corrected chi connectivity index (χ3v) is 2.00. The quantitative estimate of drug-likeness (QED) is 0.761. The van der Waals surface area contributed by atoms with Crippen molar-refractivity contribution in [2.75, 3.05) is 0 Å². The van der Waals surface area contributed by atoms with Crippen LogP contribution in [0.4, 0.5) is 0 Å². The first-order chi connectivity index (χ1) is 7.16. The van der Waals surface area contributed by atoms with Gasteiger partial charge in [0.2, 0.25) is 0 Å². The van der Waals surface area contributed by atoms with Gasteiger partial charge >= 0.3 is 5.97 Å². The summed E-state index contributed by atoms with van der Waals surface area (Å²) in [7, 11) is 0. The molecule has 5 heteroatoms. The van der Waals surface area contributed by atoms with Gasteiger partial charge in [0.15, 0.2) is 0 Å². The van der Waals surface area contributed by atoms with E-state index in [1.165, 1.54) is 22.9 Å². The van der Waals surface area contributed by atoms with Crippen molar-refractivity contribution in [2.24, 2.45) is 0 Å². The summed E-state index contributed by atoms with van der Waals surface area (Å²) in [6.07, 6.45) is 1.58. The Bertz CT molecular complexity index is 536. The molecule has 0 bridgehead atoms. The summed E-state index contributed by atoms with van der Waals surface area (Å²) in [6.45, 7) is 0. The second-order valence-corrected chi connectivity index (χ2v) is 3.01. The van der Waals surface area contributed by atoms with Crippen LogP contribution in [-0.4, -0.2) is 20.9 Å². The average molecular weight is 204 g/mol. The van der Waals surface area contributed by atoms with Crippen molar-refractivity contribution < 1.29 is 9.90 Å². The number of aromatic amines is 1. The maximum atomic E-state index is 10.9. The van der Waals surface area contributed by atoms with Crippen LogP contribution in [0.1, 0.15) is 10.4 Å². The van der Waals surface area contributed by atoms with Crippen molar-refractivity contribution in [2.45, 2.75) is 0 Å². The van der Waals surface area contributed by atoms with Gasteiger partial charge in [0.05, 0.1) is 11.3 Å². The van der Waals surface area contributed by atoms with E-state index in [0.29, 0.717) is 5.69 Å². The van der Waals surface area contributed by atoms with E-state index in [1.807, 2.05) is 0 Å². The zero-order valence-corrected chi connectivity index (χ0v) is 7.68. The molecule has 0 unspecified atom stereocenters. The molecule has 0 atom stereocenters. The Morgan fingerprint density at radius 3 is 2.33 bits per heavy atom. The van der Waals surface area contributed by atoms with E-state index >= 15 is 0 Å². The molecule has 0 saturated heterocycles. The minimum atomic E-state index is -0.970. The van der Waals surface area contributed by atoms with Crippen molar-refractivity contribution >= 4 is 5.97 Å². The molecular formula is C10H8N2O3. The molecule has 0 aliphatic heterocycles. The number of rotatable bonds is 2. The summed E-state index contributed by atoms with van der Waals surface area (Å²) in [5.74, 6) is -0.970. The predicted octanol–water partition coefficient (Wildman–Crippen LogP) is 0.864. The molecule has 2 N–H and O–H groups in total. The minimum Gasteiger partial charge on any atom is -0.478 e. The van der Waals surface area contributed by atoms with Crippen molar-refractivity contribution in [1.29, 1.82) is 0 Å². The van der Waals surface area contributed by atoms with E-state index in [0.717, 1.165) is 0 Å². The highest BCUT2D eigenvalue weighted by molar-refractivity contribution is 5.87. The highest BCUT2D eigenvalue weighted by Gasteiger charge is 2.02. The van der Waals surface area contributed by atoms with Gasteiger partial charge in [-0.1, -0.05) is 0 Å². The molecule has 0 spiro atoms. The number of nitrogens with one attached hydrogen (secondary N) is 1. The average Bonchev–Trinajstić information content (AvgIpc) is 2.65. The van der Waals surface area contributed by atoms with Gasteiger partial charge in [-0.25, -0.2) is 4.79 Å². The van der Waals surface area contributed by atoms with Crippen LogP contribution in [0.2, 0.25) is 0 Å². The molecule has 0 amide bonds. The number of carbonyl (C=O) groups is 1. The first kappa shape index (κ1) is 9.26. The van der Waals surface area contributed by atoms with Crippen LogP contribution in [0.15, 0.2) is 41.3 Å². The summed E-state index contributed by atoms with van der Waals surface area (Å²) in [6, 6.07) is 7.61. The molecule has 1 aromatic carbocycles. The third kappa shape index (κ3) is 1.80. The molecule has 76 valence electrons. The van der Waals surface area contributed by atoms with E-state index in [9.17, 15) is 9.59 Å². The number of carboxylic acid groups (broad SMARTS) is 1. The standard InChI is InChI=1S/C10H8N2O3/c13-9-5-6-12(11-9)8-3-1-7(2-4-8)10(14)15/h1-6H,(H,11,13)(H,14,15). The topological polar surface area (TPSA) is 75.1 Å². The van der Waals surface area contributed by atoms with Crippen LogP contribution in [-0.2, 0) is 0 Å². The normalized spacial score (nSPS) is 10.1. The van der Waals surface area contributed by atoms with Gasteiger partial charge in [-0.3, -0.25) is 14.6 Å². The van der Waals surface area contributed by atoms with Crippen LogP contribution >= 0.6 is 0 Å². The summed E-state index contributed by atoms with van der Waals surface area (Å²) >= 11 is 0. The number of benzene rings is 1. The van der Waals surface area contributed by atoms with Crippen molar-refractivity contribution in [1.82, 2.24) is 9.78 Å². The monoisotopic (exact) mass is 204 g/mol. The third-order valence-electron chi connectivity index (χ3n) is 2.00. The molecular weight excluding hydrogens is 196 g/mol. The maximum Gasteiger partial charge on any atom is 0.335 e. The van der Waals surface area contributed by atoms with Crippen LogP contribution < -0.4 is 5.56 Å². The molecule has 5 nitrogen and oxygen atoms in total. The van der Waals surface area contributed by atoms with E-state index in [2.05, 4.69) is 5.10 Å². The SMILES string of the molecule is O=C(O)c1ccc(-n2ccc(=O)[nH]2)cc1. The number of H-pyrrole nitrogens is 1. The molecule has 1 heterocycles. The van der Waals surface area contributed by atoms with E-state index < -0.39 is 5.97 Å². The maximum absolute atomic E-state index is 10.9. The smallest absolute Gasteiger partial charge is 0.335 e. The van der Waals surface area contributed by atoms with Gasteiger partial charge < -0.3 is 5.11 Å². The van der Waals surface area contributed by atoms with Crippen molar-refractivity contribution in [3.05, 3.63) is 52.4 Å². The largest absolute Gasteiger partial charge is 0.478 e. The fraction of sp³-hybridized carbons (Fsp3) is 0. The summed E-state index contributed by atoms with van der Waals surface area (Å²) in [5, 5.41) is 11.2. The Morgan fingerprint density at radius 2 is 1.87 bits per heavy atom. The molecule has 2 rings (SSSR count).